The van der Waals surface area contributed by atoms with E-state index in [4.69, 9.17) is 14.2 Å². The molecular weight excluding hydrogens is 427 g/mol. The van der Waals surface area contributed by atoms with Gasteiger partial charge in [-0.15, -0.1) is 0 Å². The van der Waals surface area contributed by atoms with Crippen LogP contribution in [0, 0.1) is 0 Å². The first kappa shape index (κ1) is 28.6. The van der Waals surface area contributed by atoms with Gasteiger partial charge in [-0.2, -0.15) is 11.8 Å². The van der Waals surface area contributed by atoms with E-state index in [0.29, 0.717) is 18.3 Å². The van der Waals surface area contributed by atoms with Crippen molar-refractivity contribution in [2.24, 2.45) is 0 Å². The summed E-state index contributed by atoms with van der Waals surface area (Å²) < 4.78 is 21.3. The van der Waals surface area contributed by atoms with E-state index in [0.717, 1.165) is 0 Å². The van der Waals surface area contributed by atoms with E-state index in [2.05, 4.69) is 55.9 Å². The summed E-state index contributed by atoms with van der Waals surface area (Å²) >= 11 is 2.07. The fraction of sp³-hybridized carbons (Fsp3) is 0.760. The van der Waals surface area contributed by atoms with Gasteiger partial charge < -0.3 is 4.74 Å². The van der Waals surface area contributed by atoms with Gasteiger partial charge in [0.2, 0.25) is 0 Å². The summed E-state index contributed by atoms with van der Waals surface area (Å²) in [5.74, 6) is 1.20. The maximum atomic E-state index is 10.6. The second-order valence-corrected chi connectivity index (χ2v) is 10.3. The minimum atomic E-state index is -2.50. The molecule has 3 unspecified atom stereocenters. The van der Waals surface area contributed by atoms with Crippen LogP contribution in [0.2, 0.25) is 0 Å². The fourth-order valence-electron chi connectivity index (χ4n) is 3.64. The third kappa shape index (κ3) is 16.8. The maximum Gasteiger partial charge on any atom is 0.366 e. The quantitative estimate of drug-likeness (QED) is 0.147. The smallest absolute Gasteiger partial charge is 0.366 e. The second-order valence-electron chi connectivity index (χ2n) is 8.26. The summed E-state index contributed by atoms with van der Waals surface area (Å²) in [5.41, 5.74) is 1.45. The molecule has 0 aliphatic carbocycles. The predicted octanol–water partition coefficient (Wildman–Crippen LogP) is 7.71. The molecule has 3 atom stereocenters. The standard InChI is InChI=1S/C25H44O4PS/c1-3-4-5-6-13-19-25(23(2)28-20-15-21-29-30(26)27)31-22-14-8-7-10-16-24-17-11-9-12-18-24/h9,11-12,17-18,23,25H,3-8,10,13-16,19-22H2,1-2H3,(H,26,27). The highest BCUT2D eigenvalue weighted by atomic mass is 32.2. The van der Waals surface area contributed by atoms with Crippen LogP contribution in [0.25, 0.3) is 0 Å². The van der Waals surface area contributed by atoms with E-state index in [1.807, 2.05) is 0 Å². The van der Waals surface area contributed by atoms with E-state index in [9.17, 15) is 4.57 Å². The SMILES string of the molecule is CCCCCCCC(SCCCCCCc1ccccc1)C(C)OCCCO[P](=O)O. The van der Waals surface area contributed by atoms with E-state index in [-0.39, 0.29) is 12.7 Å². The van der Waals surface area contributed by atoms with Gasteiger partial charge in [-0.1, -0.05) is 82.2 Å². The number of aryl methyl sites for hydroxylation is 1. The third-order valence-electron chi connectivity index (χ3n) is 5.52. The molecule has 1 rings (SSSR count). The molecule has 1 radical (unpaired) electrons. The first-order valence-electron chi connectivity index (χ1n) is 12.2. The van der Waals surface area contributed by atoms with Crippen molar-refractivity contribution in [1.29, 1.82) is 0 Å². The van der Waals surface area contributed by atoms with Crippen LogP contribution in [0.1, 0.15) is 90.0 Å². The van der Waals surface area contributed by atoms with Gasteiger partial charge in [-0.05, 0) is 50.3 Å². The Bertz CT molecular complexity index is 544. The Kier molecular flexibility index (Phi) is 18.6. The lowest BCUT2D eigenvalue weighted by atomic mass is 10.1. The Morgan fingerprint density at radius 3 is 2.39 bits per heavy atom. The van der Waals surface area contributed by atoms with E-state index in [1.165, 1.54) is 81.9 Å². The Labute approximate surface area is 195 Å². The zero-order valence-corrected chi connectivity index (χ0v) is 21.4. The van der Waals surface area contributed by atoms with Crippen LogP contribution in [-0.4, -0.2) is 35.2 Å². The topological polar surface area (TPSA) is 55.8 Å². The number of hydrogen-bond acceptors (Lipinski definition) is 4. The van der Waals surface area contributed by atoms with Crippen LogP contribution in [0.4, 0.5) is 0 Å². The molecule has 179 valence electrons. The van der Waals surface area contributed by atoms with Crippen molar-refractivity contribution in [2.45, 2.75) is 102 Å². The highest BCUT2D eigenvalue weighted by molar-refractivity contribution is 7.99. The van der Waals surface area contributed by atoms with Gasteiger partial charge in [0.1, 0.15) is 0 Å². The van der Waals surface area contributed by atoms with Crippen LogP contribution in [-0.2, 0) is 20.2 Å². The molecule has 0 bridgehead atoms. The van der Waals surface area contributed by atoms with Crippen LogP contribution >= 0.6 is 20.0 Å². The van der Waals surface area contributed by atoms with Crippen molar-refractivity contribution in [3.63, 3.8) is 0 Å². The van der Waals surface area contributed by atoms with E-state index in [1.54, 1.807) is 0 Å². The minimum Gasteiger partial charge on any atom is -0.377 e. The van der Waals surface area contributed by atoms with Crippen molar-refractivity contribution in [3.05, 3.63) is 35.9 Å². The maximum absolute atomic E-state index is 10.6. The summed E-state index contributed by atoms with van der Waals surface area (Å²) in [6, 6.07) is 10.8. The van der Waals surface area contributed by atoms with Crippen molar-refractivity contribution >= 4 is 20.0 Å². The zero-order chi connectivity index (χ0) is 22.6. The number of thioether (sulfide) groups is 1. The van der Waals surface area contributed by atoms with Gasteiger partial charge in [0.15, 0.2) is 0 Å². The molecule has 0 saturated heterocycles. The number of unbranched alkanes of at least 4 members (excludes halogenated alkanes) is 7. The predicted molar refractivity (Wildman–Crippen MR) is 134 cm³/mol. The Morgan fingerprint density at radius 1 is 0.935 bits per heavy atom. The normalized spacial score (nSPS) is 13.8. The Hall–Kier alpha value is -0.450. The van der Waals surface area contributed by atoms with Crippen LogP contribution < -0.4 is 0 Å². The number of rotatable bonds is 21. The average molecular weight is 472 g/mol. The van der Waals surface area contributed by atoms with Crippen molar-refractivity contribution < 1.29 is 18.7 Å². The van der Waals surface area contributed by atoms with Crippen LogP contribution in [0.5, 0.6) is 0 Å². The van der Waals surface area contributed by atoms with Crippen molar-refractivity contribution in [1.82, 2.24) is 0 Å². The molecule has 0 amide bonds. The highest BCUT2D eigenvalue weighted by Crippen LogP contribution is 2.25. The number of benzene rings is 1. The highest BCUT2D eigenvalue weighted by Gasteiger charge is 2.18. The molecule has 4 nitrogen and oxygen atoms in total. The molecule has 31 heavy (non-hydrogen) atoms. The van der Waals surface area contributed by atoms with Crippen LogP contribution in [0.3, 0.4) is 0 Å². The summed E-state index contributed by atoms with van der Waals surface area (Å²) in [6.45, 7) is 5.29. The number of ether oxygens (including phenoxy) is 1. The van der Waals surface area contributed by atoms with Gasteiger partial charge in [0.25, 0.3) is 0 Å². The van der Waals surface area contributed by atoms with E-state index < -0.39 is 8.25 Å². The Morgan fingerprint density at radius 2 is 1.65 bits per heavy atom. The Balaban J connectivity index is 2.21. The number of hydrogen-bond donors (Lipinski definition) is 1. The molecule has 0 aliphatic heterocycles. The molecule has 1 N–H and O–H groups in total. The lowest BCUT2D eigenvalue weighted by molar-refractivity contribution is 0.0543. The fourth-order valence-corrected chi connectivity index (χ4v) is 5.29. The largest absolute Gasteiger partial charge is 0.377 e. The molecule has 0 aliphatic rings. The van der Waals surface area contributed by atoms with Crippen LogP contribution in [0.15, 0.2) is 30.3 Å². The van der Waals surface area contributed by atoms with Gasteiger partial charge in [-0.25, -0.2) is 4.57 Å². The molecule has 0 spiro atoms. The molecular formula is C25H44O4PS. The minimum absolute atomic E-state index is 0.206. The molecule has 1 aromatic carbocycles. The van der Waals surface area contributed by atoms with E-state index >= 15 is 0 Å². The molecule has 1 aromatic rings. The summed E-state index contributed by atoms with van der Waals surface area (Å²) in [4.78, 5) is 8.68. The van der Waals surface area contributed by atoms with Gasteiger partial charge in [0, 0.05) is 11.9 Å². The first-order chi connectivity index (χ1) is 15.1. The first-order valence-corrected chi connectivity index (χ1v) is 14.4. The lowest BCUT2D eigenvalue weighted by Gasteiger charge is -2.24. The monoisotopic (exact) mass is 471 g/mol. The average Bonchev–Trinajstić information content (AvgIpc) is 2.77. The molecule has 6 heteroatoms. The third-order valence-corrected chi connectivity index (χ3v) is 7.50. The lowest BCUT2D eigenvalue weighted by Crippen LogP contribution is -2.24. The summed E-state index contributed by atoms with van der Waals surface area (Å²) in [5, 5.41) is 0.529. The molecule has 0 fully saturated rings. The summed E-state index contributed by atoms with van der Waals surface area (Å²) in [6.07, 6.45) is 14.9. The molecule has 0 aromatic heterocycles. The second kappa shape index (κ2) is 20.2. The molecule has 0 saturated carbocycles. The van der Waals surface area contributed by atoms with Gasteiger partial charge in [-0.3, -0.25) is 9.42 Å². The van der Waals surface area contributed by atoms with Crippen molar-refractivity contribution in [3.8, 4) is 0 Å². The van der Waals surface area contributed by atoms with Crippen molar-refractivity contribution in [2.75, 3.05) is 19.0 Å². The summed E-state index contributed by atoms with van der Waals surface area (Å²) in [7, 11) is -2.50. The molecule has 0 heterocycles. The zero-order valence-electron chi connectivity index (χ0n) is 19.7. The van der Waals surface area contributed by atoms with Gasteiger partial charge >= 0.3 is 8.25 Å². The van der Waals surface area contributed by atoms with Gasteiger partial charge in [0.05, 0.1) is 12.7 Å².